The molecule has 1 aromatic heterocycles. The average Bonchev–Trinajstić information content (AvgIpc) is 3.15. The molecule has 2 N–H and O–H groups in total. The lowest BCUT2D eigenvalue weighted by molar-refractivity contribution is -0.384. The molecule has 0 fully saturated rings. The summed E-state index contributed by atoms with van der Waals surface area (Å²) in [7, 11) is 1.40. The number of hydrogen-bond acceptors (Lipinski definition) is 9. The molecule has 9 nitrogen and oxygen atoms in total. The Labute approximate surface area is 172 Å². The fraction of sp³-hybridized carbons (Fsp3) is 0.118. The molecule has 1 amide bonds. The van der Waals surface area contributed by atoms with Crippen LogP contribution in [0.25, 0.3) is 0 Å². The van der Waals surface area contributed by atoms with Gasteiger partial charge in [0.2, 0.25) is 11.0 Å². The number of anilines is 3. The second-order valence-electron chi connectivity index (χ2n) is 5.46. The molecular weight excluding hydrogens is 421 g/mol. The van der Waals surface area contributed by atoms with Crippen molar-refractivity contribution in [3.63, 3.8) is 0 Å². The molecule has 0 atom stereocenters. The highest BCUT2D eigenvalue weighted by molar-refractivity contribution is 8.01. The number of thioether (sulfide) groups is 1. The third kappa shape index (κ3) is 5.39. The number of carbonyl (C=O) groups is 1. The number of nitro benzene ring substituents is 1. The van der Waals surface area contributed by atoms with Gasteiger partial charge in [-0.05, 0) is 18.2 Å². The summed E-state index contributed by atoms with van der Waals surface area (Å²) < 4.78 is 19.3. The molecule has 1 heterocycles. The average molecular weight is 435 g/mol. The molecule has 0 aliphatic carbocycles. The first-order valence-corrected chi connectivity index (χ1v) is 9.86. The van der Waals surface area contributed by atoms with Crippen LogP contribution >= 0.6 is 23.1 Å². The van der Waals surface area contributed by atoms with Gasteiger partial charge in [-0.1, -0.05) is 35.2 Å². The van der Waals surface area contributed by atoms with Crippen LogP contribution in [-0.4, -0.2) is 33.9 Å². The molecule has 0 unspecified atom stereocenters. The maximum Gasteiger partial charge on any atom is 0.271 e. The first kappa shape index (κ1) is 20.5. The number of nitrogens with one attached hydrogen (secondary N) is 2. The van der Waals surface area contributed by atoms with Crippen molar-refractivity contribution in [2.75, 3.05) is 23.5 Å². The standard InChI is InChI=1S/C17H14FN5O4S2/c1-27-14-7-6-10(23(25)26)8-13(14)19-15(24)9-28-17-22-21-16(29-17)20-12-5-3-2-4-11(12)18/h2-8H,9H2,1H3,(H,19,24)(H,20,21). The summed E-state index contributed by atoms with van der Waals surface area (Å²) in [6.45, 7) is 0. The van der Waals surface area contributed by atoms with E-state index in [1.165, 1.54) is 42.7 Å². The first-order chi connectivity index (χ1) is 14.0. The molecule has 2 aromatic carbocycles. The highest BCUT2D eigenvalue weighted by Gasteiger charge is 2.15. The van der Waals surface area contributed by atoms with E-state index in [0.29, 0.717) is 15.2 Å². The Bertz CT molecular complexity index is 1050. The number of aromatic nitrogens is 2. The van der Waals surface area contributed by atoms with Gasteiger partial charge >= 0.3 is 0 Å². The lowest BCUT2D eigenvalue weighted by Gasteiger charge is -2.09. The van der Waals surface area contributed by atoms with E-state index in [4.69, 9.17) is 4.74 Å². The van der Waals surface area contributed by atoms with E-state index < -0.39 is 16.6 Å². The van der Waals surface area contributed by atoms with Gasteiger partial charge in [0.1, 0.15) is 11.6 Å². The lowest BCUT2D eigenvalue weighted by Crippen LogP contribution is -2.14. The molecule has 0 radical (unpaired) electrons. The third-order valence-corrected chi connectivity index (χ3v) is 5.49. The van der Waals surface area contributed by atoms with Gasteiger partial charge in [-0.25, -0.2) is 4.39 Å². The molecule has 3 aromatic rings. The van der Waals surface area contributed by atoms with Crippen LogP contribution in [0.1, 0.15) is 0 Å². The number of methoxy groups -OCH3 is 1. The molecule has 0 aliphatic rings. The predicted molar refractivity (Wildman–Crippen MR) is 109 cm³/mol. The van der Waals surface area contributed by atoms with Crippen LogP contribution < -0.4 is 15.4 Å². The van der Waals surface area contributed by atoms with Gasteiger partial charge in [0.15, 0.2) is 4.34 Å². The molecule has 0 saturated heterocycles. The molecule has 0 aliphatic heterocycles. The number of nitrogens with zero attached hydrogens (tertiary/aromatic N) is 3. The Morgan fingerprint density at radius 2 is 2.07 bits per heavy atom. The van der Waals surface area contributed by atoms with E-state index in [2.05, 4.69) is 20.8 Å². The smallest absolute Gasteiger partial charge is 0.271 e. The van der Waals surface area contributed by atoms with Gasteiger partial charge in [-0.15, -0.1) is 10.2 Å². The minimum atomic E-state index is -0.560. The van der Waals surface area contributed by atoms with Crippen LogP contribution in [0, 0.1) is 15.9 Å². The van der Waals surface area contributed by atoms with E-state index in [9.17, 15) is 19.3 Å². The minimum Gasteiger partial charge on any atom is -0.495 e. The van der Waals surface area contributed by atoms with Crippen LogP contribution in [-0.2, 0) is 4.79 Å². The monoisotopic (exact) mass is 435 g/mol. The second-order valence-corrected chi connectivity index (χ2v) is 7.66. The normalized spacial score (nSPS) is 10.4. The number of amides is 1. The predicted octanol–water partition coefficient (Wildman–Crippen LogP) is 4.07. The van der Waals surface area contributed by atoms with E-state index in [1.54, 1.807) is 18.2 Å². The van der Waals surface area contributed by atoms with Gasteiger partial charge in [0.05, 0.1) is 29.2 Å². The van der Waals surface area contributed by atoms with E-state index in [0.717, 1.165) is 11.8 Å². The highest BCUT2D eigenvalue weighted by atomic mass is 32.2. The summed E-state index contributed by atoms with van der Waals surface area (Å²) >= 11 is 2.30. The minimum absolute atomic E-state index is 0.000176. The molecule has 3 rings (SSSR count). The number of halogens is 1. The van der Waals surface area contributed by atoms with E-state index >= 15 is 0 Å². The van der Waals surface area contributed by atoms with Crippen LogP contribution in [0.5, 0.6) is 5.75 Å². The van der Waals surface area contributed by atoms with Gasteiger partial charge < -0.3 is 15.4 Å². The van der Waals surface area contributed by atoms with Gasteiger partial charge in [0, 0.05) is 12.1 Å². The quantitative estimate of drug-likeness (QED) is 0.309. The highest BCUT2D eigenvalue weighted by Crippen LogP contribution is 2.31. The Morgan fingerprint density at radius 3 is 2.79 bits per heavy atom. The second kappa shape index (κ2) is 9.30. The molecule has 29 heavy (non-hydrogen) atoms. The van der Waals surface area contributed by atoms with Crippen molar-refractivity contribution in [3.8, 4) is 5.75 Å². The Hall–Kier alpha value is -3.25. The van der Waals surface area contributed by atoms with Crippen molar-refractivity contribution in [3.05, 3.63) is 58.4 Å². The number of hydrogen-bond donors (Lipinski definition) is 2. The Balaban J connectivity index is 1.59. The number of carbonyl (C=O) groups excluding carboxylic acids is 1. The Morgan fingerprint density at radius 1 is 1.28 bits per heavy atom. The van der Waals surface area contributed by atoms with E-state index in [1.807, 2.05) is 0 Å². The van der Waals surface area contributed by atoms with Crippen LogP contribution in [0.2, 0.25) is 0 Å². The summed E-state index contributed by atoms with van der Waals surface area (Å²) in [5.74, 6) is -0.503. The zero-order valence-electron chi connectivity index (χ0n) is 14.9. The lowest BCUT2D eigenvalue weighted by atomic mass is 10.2. The number of non-ortho nitro benzene ring substituents is 1. The van der Waals surface area contributed by atoms with Crippen LogP contribution in [0.3, 0.4) is 0 Å². The number of benzene rings is 2. The number of para-hydroxylation sites is 1. The van der Waals surface area contributed by atoms with Crippen molar-refractivity contribution in [2.24, 2.45) is 0 Å². The van der Waals surface area contributed by atoms with Crippen molar-refractivity contribution < 1.29 is 18.8 Å². The topological polar surface area (TPSA) is 119 Å². The molecular formula is C17H14FN5O4S2. The summed E-state index contributed by atoms with van der Waals surface area (Å²) in [6, 6.07) is 10.1. The summed E-state index contributed by atoms with van der Waals surface area (Å²) in [5, 5.41) is 24.6. The fourth-order valence-corrected chi connectivity index (χ4v) is 3.78. The van der Waals surface area contributed by atoms with Gasteiger partial charge in [-0.2, -0.15) is 0 Å². The van der Waals surface area contributed by atoms with Gasteiger partial charge in [-0.3, -0.25) is 14.9 Å². The maximum absolute atomic E-state index is 13.7. The first-order valence-electron chi connectivity index (χ1n) is 8.06. The summed E-state index contributed by atoms with van der Waals surface area (Å²) in [4.78, 5) is 22.6. The number of rotatable bonds is 8. The summed E-state index contributed by atoms with van der Waals surface area (Å²) in [6.07, 6.45) is 0. The largest absolute Gasteiger partial charge is 0.495 e. The Kier molecular flexibility index (Phi) is 6.57. The number of nitro groups is 1. The zero-order chi connectivity index (χ0) is 20.8. The maximum atomic E-state index is 13.7. The third-order valence-electron chi connectivity index (χ3n) is 3.52. The molecule has 0 bridgehead atoms. The van der Waals surface area contributed by atoms with Crippen molar-refractivity contribution in [2.45, 2.75) is 4.34 Å². The van der Waals surface area contributed by atoms with Crippen LogP contribution in [0.15, 0.2) is 46.8 Å². The molecule has 12 heteroatoms. The number of ether oxygens (including phenoxy) is 1. The molecule has 150 valence electrons. The van der Waals surface area contributed by atoms with E-state index in [-0.39, 0.29) is 22.8 Å². The summed E-state index contributed by atoms with van der Waals surface area (Å²) in [5.41, 5.74) is 0.309. The van der Waals surface area contributed by atoms with Crippen molar-refractivity contribution in [1.82, 2.24) is 10.2 Å². The molecule has 0 spiro atoms. The zero-order valence-corrected chi connectivity index (χ0v) is 16.6. The van der Waals surface area contributed by atoms with Crippen molar-refractivity contribution in [1.29, 1.82) is 0 Å². The van der Waals surface area contributed by atoms with Gasteiger partial charge in [0.25, 0.3) is 5.69 Å². The SMILES string of the molecule is COc1ccc([N+](=O)[O-])cc1NC(=O)CSc1nnc(Nc2ccccc2F)s1. The van der Waals surface area contributed by atoms with Crippen molar-refractivity contribution >= 4 is 51.2 Å². The molecule has 0 saturated carbocycles. The fourth-order valence-electron chi connectivity index (χ4n) is 2.22. The van der Waals surface area contributed by atoms with Crippen LogP contribution in [0.4, 0.5) is 26.6 Å².